The van der Waals surface area contributed by atoms with E-state index in [0.29, 0.717) is 28.3 Å². The summed E-state index contributed by atoms with van der Waals surface area (Å²) in [5, 5.41) is 8.86. The molecular formula is C18H21FN2O2. The Labute approximate surface area is 136 Å². The molecule has 1 heterocycles. The Bertz CT molecular complexity index is 694. The Kier molecular flexibility index (Phi) is 7.01. The van der Waals surface area contributed by atoms with Gasteiger partial charge in [-0.15, -0.1) is 5.26 Å². The molecule has 0 fully saturated rings. The predicted molar refractivity (Wildman–Crippen MR) is 87.9 cm³/mol. The zero-order chi connectivity index (χ0) is 17.4. The maximum Gasteiger partial charge on any atom is 0.292 e. The highest BCUT2D eigenvalue weighted by atomic mass is 19.1. The van der Waals surface area contributed by atoms with E-state index < -0.39 is 0 Å². The number of hydrogen-bond acceptors (Lipinski definition) is 4. The Morgan fingerprint density at radius 3 is 2.48 bits per heavy atom. The topological polar surface area (TPSA) is 55.1 Å². The van der Waals surface area contributed by atoms with E-state index in [9.17, 15) is 4.39 Å². The largest absolute Gasteiger partial charge is 0.481 e. The lowest BCUT2D eigenvalue weighted by atomic mass is 9.95. The third-order valence-electron chi connectivity index (χ3n) is 3.11. The zero-order valence-electron chi connectivity index (χ0n) is 14.1. The molecule has 4 nitrogen and oxygen atoms in total. The fourth-order valence-corrected chi connectivity index (χ4v) is 2.11. The van der Waals surface area contributed by atoms with Crippen molar-refractivity contribution in [2.45, 2.75) is 33.6 Å². The number of halogens is 1. The smallest absolute Gasteiger partial charge is 0.292 e. The molecule has 122 valence electrons. The van der Waals surface area contributed by atoms with Crippen molar-refractivity contribution >= 4 is 0 Å². The van der Waals surface area contributed by atoms with Crippen molar-refractivity contribution in [2.75, 3.05) is 7.11 Å². The number of hydrogen-bond donors (Lipinski definition) is 0. The quantitative estimate of drug-likeness (QED) is 0.752. The molecule has 23 heavy (non-hydrogen) atoms. The van der Waals surface area contributed by atoms with Gasteiger partial charge in [-0.05, 0) is 29.7 Å². The van der Waals surface area contributed by atoms with Crippen molar-refractivity contribution in [3.05, 3.63) is 41.8 Å². The SMILES string of the molecule is CC.COc1cc(-c2cc(F)cc(C(C)C)c2OC#N)ccn1. The molecule has 0 aliphatic rings. The minimum Gasteiger partial charge on any atom is -0.481 e. The monoisotopic (exact) mass is 316 g/mol. The summed E-state index contributed by atoms with van der Waals surface area (Å²) in [6.07, 6.45) is 3.23. The molecular weight excluding hydrogens is 295 g/mol. The van der Waals surface area contributed by atoms with Gasteiger partial charge in [0.15, 0.2) is 5.75 Å². The average molecular weight is 316 g/mol. The van der Waals surface area contributed by atoms with Crippen LogP contribution in [0.15, 0.2) is 30.5 Å². The summed E-state index contributed by atoms with van der Waals surface area (Å²) in [5.41, 5.74) is 1.82. The van der Waals surface area contributed by atoms with Crippen molar-refractivity contribution < 1.29 is 13.9 Å². The Hall–Kier alpha value is -2.61. The highest BCUT2D eigenvalue weighted by molar-refractivity contribution is 5.73. The summed E-state index contributed by atoms with van der Waals surface area (Å²) in [5.74, 6) is 0.411. The van der Waals surface area contributed by atoms with Crippen LogP contribution in [-0.4, -0.2) is 12.1 Å². The third kappa shape index (κ3) is 4.43. The van der Waals surface area contributed by atoms with E-state index in [1.807, 2.05) is 27.7 Å². The molecule has 0 radical (unpaired) electrons. The number of nitriles is 1. The second-order valence-corrected chi connectivity index (χ2v) is 4.81. The molecule has 0 N–H and O–H groups in total. The molecule has 0 bridgehead atoms. The van der Waals surface area contributed by atoms with Crippen LogP contribution in [0.1, 0.15) is 39.2 Å². The maximum atomic E-state index is 13.9. The van der Waals surface area contributed by atoms with Gasteiger partial charge in [-0.25, -0.2) is 9.37 Å². The first-order valence-electron chi connectivity index (χ1n) is 7.46. The molecule has 0 spiro atoms. The first-order valence-corrected chi connectivity index (χ1v) is 7.46. The lowest BCUT2D eigenvalue weighted by Gasteiger charge is -2.15. The van der Waals surface area contributed by atoms with E-state index >= 15 is 0 Å². The van der Waals surface area contributed by atoms with E-state index in [1.54, 1.807) is 24.6 Å². The van der Waals surface area contributed by atoms with Gasteiger partial charge in [-0.1, -0.05) is 27.7 Å². The van der Waals surface area contributed by atoms with Crippen LogP contribution in [0.25, 0.3) is 11.1 Å². The van der Waals surface area contributed by atoms with Gasteiger partial charge in [0.25, 0.3) is 6.26 Å². The van der Waals surface area contributed by atoms with Gasteiger partial charge in [0.2, 0.25) is 5.88 Å². The zero-order valence-corrected chi connectivity index (χ0v) is 14.1. The van der Waals surface area contributed by atoms with Crippen molar-refractivity contribution in [1.82, 2.24) is 4.98 Å². The molecule has 5 heteroatoms. The molecule has 0 amide bonds. The van der Waals surface area contributed by atoms with Crippen LogP contribution in [0.2, 0.25) is 0 Å². The number of rotatable bonds is 4. The van der Waals surface area contributed by atoms with Crippen LogP contribution in [0.5, 0.6) is 11.6 Å². The highest BCUT2D eigenvalue weighted by Gasteiger charge is 2.17. The molecule has 1 aromatic heterocycles. The second kappa shape index (κ2) is 8.74. The second-order valence-electron chi connectivity index (χ2n) is 4.81. The Balaban J connectivity index is 0.00000127. The minimum absolute atomic E-state index is 0.0199. The number of methoxy groups -OCH3 is 1. The molecule has 1 aromatic carbocycles. The Morgan fingerprint density at radius 2 is 1.91 bits per heavy atom. The molecule has 0 atom stereocenters. The van der Waals surface area contributed by atoms with E-state index in [0.717, 1.165) is 0 Å². The van der Waals surface area contributed by atoms with E-state index in [4.69, 9.17) is 14.7 Å². The van der Waals surface area contributed by atoms with Gasteiger partial charge in [-0.2, -0.15) is 0 Å². The number of nitrogens with zero attached hydrogens (tertiary/aromatic N) is 2. The van der Waals surface area contributed by atoms with Crippen LogP contribution in [0.4, 0.5) is 4.39 Å². The maximum absolute atomic E-state index is 13.9. The lowest BCUT2D eigenvalue weighted by Crippen LogP contribution is -1.99. The summed E-state index contributed by atoms with van der Waals surface area (Å²) in [7, 11) is 1.50. The van der Waals surface area contributed by atoms with Gasteiger partial charge >= 0.3 is 0 Å². The van der Waals surface area contributed by atoms with Crippen molar-refractivity contribution in [3.8, 4) is 29.0 Å². The molecule has 0 saturated carbocycles. The van der Waals surface area contributed by atoms with Gasteiger partial charge < -0.3 is 9.47 Å². The van der Waals surface area contributed by atoms with Gasteiger partial charge in [0.1, 0.15) is 5.82 Å². The molecule has 0 unspecified atom stereocenters. The van der Waals surface area contributed by atoms with Crippen LogP contribution < -0.4 is 9.47 Å². The molecule has 0 aliphatic carbocycles. The summed E-state index contributed by atoms with van der Waals surface area (Å²) in [6.45, 7) is 7.83. The molecule has 0 aliphatic heterocycles. The predicted octanol–water partition coefficient (Wildman–Crippen LogP) is 4.91. The van der Waals surface area contributed by atoms with Crippen molar-refractivity contribution in [2.24, 2.45) is 0 Å². The number of aromatic nitrogens is 1. The molecule has 0 saturated heterocycles. The normalized spacial score (nSPS) is 9.65. The summed E-state index contributed by atoms with van der Waals surface area (Å²) in [6, 6.07) is 6.11. The Morgan fingerprint density at radius 1 is 1.22 bits per heavy atom. The number of pyridine rings is 1. The summed E-state index contributed by atoms with van der Waals surface area (Å²) < 4.78 is 24.1. The van der Waals surface area contributed by atoms with Crippen LogP contribution in [0.3, 0.4) is 0 Å². The average Bonchev–Trinajstić information content (AvgIpc) is 2.58. The van der Waals surface area contributed by atoms with E-state index in [2.05, 4.69) is 4.98 Å². The van der Waals surface area contributed by atoms with Gasteiger partial charge in [-0.3, -0.25) is 0 Å². The standard InChI is InChI=1S/C16H15FN2O2.C2H6/c1-10(2)13-7-12(17)8-14(16(13)21-9-18)11-4-5-19-15(6-11)20-3;1-2/h4-8,10H,1-3H3;1-2H3. The molecule has 2 rings (SSSR count). The third-order valence-corrected chi connectivity index (χ3v) is 3.11. The molecule has 2 aromatic rings. The summed E-state index contributed by atoms with van der Waals surface area (Å²) in [4.78, 5) is 4.02. The fraction of sp³-hybridized carbons (Fsp3) is 0.333. The van der Waals surface area contributed by atoms with E-state index in [-0.39, 0.29) is 11.7 Å². The minimum atomic E-state index is -0.380. The van der Waals surface area contributed by atoms with Crippen LogP contribution in [-0.2, 0) is 0 Å². The fourth-order valence-electron chi connectivity index (χ4n) is 2.11. The number of ether oxygens (including phenoxy) is 2. The van der Waals surface area contributed by atoms with Crippen LogP contribution >= 0.6 is 0 Å². The lowest BCUT2D eigenvalue weighted by molar-refractivity contribution is 0.398. The summed E-state index contributed by atoms with van der Waals surface area (Å²) >= 11 is 0. The van der Waals surface area contributed by atoms with Crippen molar-refractivity contribution in [3.63, 3.8) is 0 Å². The highest BCUT2D eigenvalue weighted by Crippen LogP contribution is 2.38. The van der Waals surface area contributed by atoms with E-state index in [1.165, 1.54) is 19.2 Å². The van der Waals surface area contributed by atoms with Crippen molar-refractivity contribution in [1.29, 1.82) is 5.26 Å². The first kappa shape index (κ1) is 18.4. The first-order chi connectivity index (χ1) is 11.1. The van der Waals surface area contributed by atoms with Gasteiger partial charge in [0, 0.05) is 23.4 Å². The number of benzene rings is 1. The van der Waals surface area contributed by atoms with Gasteiger partial charge in [0.05, 0.1) is 7.11 Å². The van der Waals surface area contributed by atoms with Crippen LogP contribution in [0, 0.1) is 17.3 Å².